The van der Waals surface area contributed by atoms with Crippen LogP contribution in [-0.2, 0) is 4.74 Å². The van der Waals surface area contributed by atoms with Gasteiger partial charge in [-0.1, -0.05) is 0 Å². The Morgan fingerprint density at radius 3 is 2.39 bits per heavy atom. The van der Waals surface area contributed by atoms with Crippen LogP contribution in [0.1, 0.15) is 33.6 Å². The van der Waals surface area contributed by atoms with E-state index in [2.05, 4.69) is 0 Å². The zero-order valence-corrected chi connectivity index (χ0v) is 14.7. The number of carbonyl (C=O) groups excluding carboxylic acids is 2. The maximum atomic E-state index is 12.9. The van der Waals surface area contributed by atoms with E-state index in [0.717, 1.165) is 6.07 Å². The number of ether oxygens (including phenoxy) is 3. The predicted molar refractivity (Wildman–Crippen MR) is 94.3 cm³/mol. The normalized spacial score (nSPS) is 12.3. The van der Waals surface area contributed by atoms with E-state index in [1.54, 1.807) is 0 Å². The zero-order valence-electron chi connectivity index (χ0n) is 14.7. The van der Waals surface area contributed by atoms with E-state index in [1.807, 2.05) is 0 Å². The van der Waals surface area contributed by atoms with Crippen molar-refractivity contribution in [2.24, 2.45) is 0 Å². The van der Waals surface area contributed by atoms with Gasteiger partial charge in [0.15, 0.2) is 17.3 Å². The molecule has 1 heterocycles. The molecule has 0 amide bonds. The number of rotatable bonds is 7. The van der Waals surface area contributed by atoms with Gasteiger partial charge in [-0.25, -0.2) is 9.18 Å². The lowest BCUT2D eigenvalue weighted by atomic mass is 10.1. The van der Waals surface area contributed by atoms with Gasteiger partial charge in [-0.3, -0.25) is 14.9 Å². The molecule has 0 spiro atoms. The van der Waals surface area contributed by atoms with Gasteiger partial charge in [-0.2, -0.15) is 0 Å². The highest BCUT2D eigenvalue weighted by molar-refractivity contribution is 5.96. The Hall–Kier alpha value is -3.49. The molecule has 0 bridgehead atoms. The maximum Gasteiger partial charge on any atom is 0.345 e. The number of nitro benzene ring substituents is 1. The molecular formula is C19H16FNO7. The Morgan fingerprint density at radius 2 is 1.75 bits per heavy atom. The van der Waals surface area contributed by atoms with E-state index in [1.165, 1.54) is 30.3 Å². The number of esters is 1. The maximum absolute atomic E-state index is 12.9. The molecule has 0 aromatic heterocycles. The molecule has 0 atom stereocenters. The first kappa shape index (κ1) is 19.3. The van der Waals surface area contributed by atoms with E-state index in [9.17, 15) is 24.1 Å². The number of Topliss-reactive ketones (excluding diaryl/α,β-unsaturated/α-hetero) is 1. The summed E-state index contributed by atoms with van der Waals surface area (Å²) in [6, 6.07) is 7.48. The number of hydrogen-bond donors (Lipinski definition) is 0. The second-order valence-corrected chi connectivity index (χ2v) is 5.94. The van der Waals surface area contributed by atoms with E-state index < -0.39 is 22.4 Å². The summed E-state index contributed by atoms with van der Waals surface area (Å²) in [5.41, 5.74) is -0.342. The van der Waals surface area contributed by atoms with Gasteiger partial charge in [-0.15, -0.1) is 0 Å². The van der Waals surface area contributed by atoms with Gasteiger partial charge >= 0.3 is 5.97 Å². The molecule has 28 heavy (non-hydrogen) atoms. The predicted octanol–water partition coefficient (Wildman–Crippen LogP) is 3.33. The van der Waals surface area contributed by atoms with Gasteiger partial charge in [0.05, 0.1) is 17.6 Å². The fraction of sp³-hybridized carbons (Fsp3) is 0.263. The Bertz CT molecular complexity index is 911. The van der Waals surface area contributed by atoms with Crippen molar-refractivity contribution in [3.05, 3.63) is 63.5 Å². The molecule has 1 aliphatic heterocycles. The van der Waals surface area contributed by atoms with Crippen LogP contribution in [0, 0.1) is 15.9 Å². The molecule has 9 heteroatoms. The summed E-state index contributed by atoms with van der Waals surface area (Å²) in [5.74, 6) is -1.12. The minimum Gasteiger partial charge on any atom is -0.486 e. The summed E-state index contributed by atoms with van der Waals surface area (Å²) >= 11 is 0. The van der Waals surface area contributed by atoms with Crippen LogP contribution in [0.2, 0.25) is 0 Å². The van der Waals surface area contributed by atoms with E-state index in [4.69, 9.17) is 14.2 Å². The highest BCUT2D eigenvalue weighted by atomic mass is 19.1. The lowest BCUT2D eigenvalue weighted by Gasteiger charge is -2.18. The molecule has 146 valence electrons. The van der Waals surface area contributed by atoms with Crippen LogP contribution in [0.5, 0.6) is 11.5 Å². The first-order valence-electron chi connectivity index (χ1n) is 8.49. The number of ketones is 1. The minimum absolute atomic E-state index is 0.0855. The molecule has 8 nitrogen and oxygen atoms in total. The van der Waals surface area contributed by atoms with Gasteiger partial charge in [0, 0.05) is 18.1 Å². The first-order chi connectivity index (χ1) is 13.5. The van der Waals surface area contributed by atoms with Crippen LogP contribution in [0.15, 0.2) is 36.4 Å². The molecule has 1 aliphatic rings. The lowest BCUT2D eigenvalue weighted by molar-refractivity contribution is -0.385. The lowest BCUT2D eigenvalue weighted by Crippen LogP contribution is -2.17. The van der Waals surface area contributed by atoms with Crippen molar-refractivity contribution in [2.45, 2.75) is 12.8 Å². The summed E-state index contributed by atoms with van der Waals surface area (Å²) in [5, 5.41) is 11.2. The minimum atomic E-state index is -0.891. The van der Waals surface area contributed by atoms with Crippen LogP contribution in [-0.4, -0.2) is 36.5 Å². The van der Waals surface area contributed by atoms with Gasteiger partial charge in [0.25, 0.3) is 5.69 Å². The van der Waals surface area contributed by atoms with Crippen molar-refractivity contribution < 1.29 is 33.1 Å². The summed E-state index contributed by atoms with van der Waals surface area (Å²) in [6.07, 6.45) is 0.308. The number of nitro groups is 1. The molecule has 0 unspecified atom stereocenters. The van der Waals surface area contributed by atoms with Crippen molar-refractivity contribution in [3.63, 3.8) is 0 Å². The third-order valence-corrected chi connectivity index (χ3v) is 4.02. The van der Waals surface area contributed by atoms with Crippen LogP contribution < -0.4 is 9.47 Å². The first-order valence-corrected chi connectivity index (χ1v) is 8.49. The highest BCUT2D eigenvalue weighted by Gasteiger charge is 2.27. The quantitative estimate of drug-likeness (QED) is 0.235. The average molecular weight is 389 g/mol. The molecule has 0 fully saturated rings. The Kier molecular flexibility index (Phi) is 5.83. The fourth-order valence-corrected chi connectivity index (χ4v) is 2.65. The average Bonchev–Trinajstić information content (AvgIpc) is 2.70. The fourth-order valence-electron chi connectivity index (χ4n) is 2.65. The number of hydrogen-bond acceptors (Lipinski definition) is 7. The SMILES string of the molecule is O=C(CCCOC(=O)c1cc2c(cc1[N+](=O)[O-])OCCO2)c1ccc(F)cc1. The number of fused-ring (bicyclic) bond motifs is 1. The molecule has 0 aliphatic carbocycles. The van der Waals surface area contributed by atoms with E-state index >= 15 is 0 Å². The smallest absolute Gasteiger partial charge is 0.345 e. The van der Waals surface area contributed by atoms with E-state index in [-0.39, 0.29) is 55.5 Å². The topological polar surface area (TPSA) is 105 Å². The van der Waals surface area contributed by atoms with Gasteiger partial charge < -0.3 is 14.2 Å². The third-order valence-electron chi connectivity index (χ3n) is 4.02. The zero-order chi connectivity index (χ0) is 20.1. The molecule has 2 aromatic carbocycles. The van der Waals surface area contributed by atoms with Crippen LogP contribution in [0.4, 0.5) is 10.1 Å². The van der Waals surface area contributed by atoms with Crippen molar-refractivity contribution in [1.82, 2.24) is 0 Å². The van der Waals surface area contributed by atoms with Gasteiger partial charge in [0.2, 0.25) is 0 Å². The molecule has 3 rings (SSSR count). The Balaban J connectivity index is 1.59. The van der Waals surface area contributed by atoms with Crippen molar-refractivity contribution in [2.75, 3.05) is 19.8 Å². The number of benzene rings is 2. The second-order valence-electron chi connectivity index (χ2n) is 5.94. The monoisotopic (exact) mass is 389 g/mol. The Labute approximate surface area is 159 Å². The summed E-state index contributed by atoms with van der Waals surface area (Å²) < 4.78 is 28.5. The third kappa shape index (κ3) is 4.43. The van der Waals surface area contributed by atoms with E-state index in [0.29, 0.717) is 5.56 Å². The molecule has 0 radical (unpaired) electrons. The molecule has 0 saturated heterocycles. The van der Waals surface area contributed by atoms with Crippen LogP contribution >= 0.6 is 0 Å². The van der Waals surface area contributed by atoms with Gasteiger partial charge in [-0.05, 0) is 30.7 Å². The summed E-state index contributed by atoms with van der Waals surface area (Å²) in [4.78, 5) is 34.8. The number of carbonyl (C=O) groups is 2. The van der Waals surface area contributed by atoms with Gasteiger partial charge in [0.1, 0.15) is 24.6 Å². The molecule has 0 N–H and O–H groups in total. The van der Waals surface area contributed by atoms with Crippen molar-refractivity contribution in [3.8, 4) is 11.5 Å². The Morgan fingerprint density at radius 1 is 1.11 bits per heavy atom. The molecule has 0 saturated carbocycles. The second kappa shape index (κ2) is 8.47. The van der Waals surface area contributed by atoms with Crippen LogP contribution in [0.3, 0.4) is 0 Å². The molecule has 2 aromatic rings. The largest absolute Gasteiger partial charge is 0.486 e. The van der Waals surface area contributed by atoms with Crippen molar-refractivity contribution in [1.29, 1.82) is 0 Å². The molecular weight excluding hydrogens is 373 g/mol. The highest BCUT2D eigenvalue weighted by Crippen LogP contribution is 2.36. The van der Waals surface area contributed by atoms with Crippen LogP contribution in [0.25, 0.3) is 0 Å². The summed E-state index contributed by atoms with van der Waals surface area (Å²) in [6.45, 7) is 0.429. The number of halogens is 1. The number of nitrogens with zero attached hydrogens (tertiary/aromatic N) is 1. The summed E-state index contributed by atoms with van der Waals surface area (Å²) in [7, 11) is 0. The standard InChI is InChI=1S/C19H16FNO7/c20-13-5-3-12(4-6-13)16(22)2-1-7-28-19(23)14-10-17-18(27-9-8-26-17)11-15(14)21(24)25/h3-6,10-11H,1-2,7-9H2. The van der Waals surface area contributed by atoms with Crippen molar-refractivity contribution >= 4 is 17.4 Å².